The first-order chi connectivity index (χ1) is 12.9. The van der Waals surface area contributed by atoms with E-state index in [1.165, 1.54) is 32.0 Å². The predicted octanol–water partition coefficient (Wildman–Crippen LogP) is 4.57. The maximum absolute atomic E-state index is 12.4. The summed E-state index contributed by atoms with van der Waals surface area (Å²) < 4.78 is 39.5. The van der Waals surface area contributed by atoms with Crippen molar-refractivity contribution >= 4 is 23.4 Å². The van der Waals surface area contributed by atoms with Gasteiger partial charge in [-0.25, -0.2) is 0 Å². The van der Waals surface area contributed by atoms with Gasteiger partial charge in [-0.3, -0.25) is 4.79 Å². The Bertz CT molecular complexity index is 773. The molecule has 0 aliphatic carbocycles. The second kappa shape index (κ2) is 10.0. The van der Waals surface area contributed by atoms with Crippen molar-refractivity contribution in [3.8, 4) is 17.2 Å². The van der Waals surface area contributed by atoms with E-state index in [2.05, 4.69) is 10.1 Å². The second-order valence-electron chi connectivity index (χ2n) is 5.51. The topological polar surface area (TPSA) is 56.8 Å². The number of nitrogens with one attached hydrogen (secondary N) is 1. The Balaban J connectivity index is 1.96. The third-order valence-electron chi connectivity index (χ3n) is 3.68. The van der Waals surface area contributed by atoms with Crippen LogP contribution in [0.25, 0.3) is 0 Å². The third kappa shape index (κ3) is 6.02. The molecular formula is C19H21F2NO4S. The van der Waals surface area contributed by atoms with Crippen molar-refractivity contribution in [1.82, 2.24) is 0 Å². The van der Waals surface area contributed by atoms with Gasteiger partial charge in [0.15, 0.2) is 11.5 Å². The number of thioether (sulfide) groups is 1. The first-order valence-corrected chi connectivity index (χ1v) is 9.16. The summed E-state index contributed by atoms with van der Waals surface area (Å²) in [5.74, 6) is 1.13. The van der Waals surface area contributed by atoms with E-state index in [9.17, 15) is 13.6 Å². The van der Waals surface area contributed by atoms with Gasteiger partial charge >= 0.3 is 6.61 Å². The maximum Gasteiger partial charge on any atom is 0.387 e. The van der Waals surface area contributed by atoms with Crippen molar-refractivity contribution < 1.29 is 27.8 Å². The zero-order valence-electron chi connectivity index (χ0n) is 15.2. The molecule has 2 aromatic rings. The standard InChI is InChI=1S/C19H21F2NO4S/c1-12(18(23)22-14-6-4-5-7-15(14)24-2)27-11-13-8-9-16(26-19(20)21)17(10-13)25-3/h4-10,12,19H,11H2,1-3H3,(H,22,23). The molecule has 0 aliphatic rings. The molecule has 1 amide bonds. The number of methoxy groups -OCH3 is 2. The third-order valence-corrected chi connectivity index (χ3v) is 4.89. The normalized spacial score (nSPS) is 11.8. The molecule has 27 heavy (non-hydrogen) atoms. The number of anilines is 1. The summed E-state index contributed by atoms with van der Waals surface area (Å²) in [6.07, 6.45) is 0. The maximum atomic E-state index is 12.4. The van der Waals surface area contributed by atoms with Crippen LogP contribution in [0.1, 0.15) is 12.5 Å². The Kier molecular flexibility index (Phi) is 7.72. The van der Waals surface area contributed by atoms with Crippen LogP contribution in [0.5, 0.6) is 17.2 Å². The highest BCUT2D eigenvalue weighted by atomic mass is 32.2. The van der Waals surface area contributed by atoms with Crippen LogP contribution < -0.4 is 19.5 Å². The monoisotopic (exact) mass is 397 g/mol. The number of hydrogen-bond donors (Lipinski definition) is 1. The lowest BCUT2D eigenvalue weighted by atomic mass is 10.2. The lowest BCUT2D eigenvalue weighted by Gasteiger charge is -2.15. The van der Waals surface area contributed by atoms with Crippen LogP contribution in [0.2, 0.25) is 0 Å². The molecule has 0 radical (unpaired) electrons. The number of ether oxygens (including phenoxy) is 3. The van der Waals surface area contributed by atoms with Crippen LogP contribution >= 0.6 is 11.8 Å². The average Bonchev–Trinajstić information content (AvgIpc) is 2.66. The first-order valence-electron chi connectivity index (χ1n) is 8.11. The minimum Gasteiger partial charge on any atom is -0.495 e. The highest BCUT2D eigenvalue weighted by Gasteiger charge is 2.16. The van der Waals surface area contributed by atoms with E-state index in [4.69, 9.17) is 9.47 Å². The Morgan fingerprint density at radius 3 is 2.44 bits per heavy atom. The van der Waals surface area contributed by atoms with E-state index in [0.717, 1.165) is 5.56 Å². The molecule has 1 N–H and O–H groups in total. The molecule has 1 atom stereocenters. The van der Waals surface area contributed by atoms with E-state index in [1.54, 1.807) is 31.2 Å². The van der Waals surface area contributed by atoms with Gasteiger partial charge in [0.1, 0.15) is 5.75 Å². The van der Waals surface area contributed by atoms with Crippen LogP contribution in [-0.2, 0) is 10.5 Å². The summed E-state index contributed by atoms with van der Waals surface area (Å²) in [5, 5.41) is 2.50. The van der Waals surface area contributed by atoms with Crippen molar-refractivity contribution in [2.75, 3.05) is 19.5 Å². The van der Waals surface area contributed by atoms with Gasteiger partial charge in [-0.15, -0.1) is 11.8 Å². The smallest absolute Gasteiger partial charge is 0.387 e. The summed E-state index contributed by atoms with van der Waals surface area (Å²) in [7, 11) is 2.92. The van der Waals surface area contributed by atoms with Crippen molar-refractivity contribution in [3.63, 3.8) is 0 Å². The number of amides is 1. The molecular weight excluding hydrogens is 376 g/mol. The van der Waals surface area contributed by atoms with Crippen LogP contribution in [0.4, 0.5) is 14.5 Å². The Morgan fingerprint density at radius 2 is 1.78 bits per heavy atom. The zero-order valence-corrected chi connectivity index (χ0v) is 16.0. The van der Waals surface area contributed by atoms with Gasteiger partial charge in [0.2, 0.25) is 5.91 Å². The number of carbonyl (C=O) groups excluding carboxylic acids is 1. The molecule has 2 aromatic carbocycles. The van der Waals surface area contributed by atoms with Gasteiger partial charge in [0.25, 0.3) is 0 Å². The number of alkyl halides is 2. The van der Waals surface area contributed by atoms with Gasteiger partial charge in [0, 0.05) is 5.75 Å². The van der Waals surface area contributed by atoms with E-state index in [-0.39, 0.29) is 22.7 Å². The molecule has 0 bridgehead atoms. The van der Waals surface area contributed by atoms with E-state index >= 15 is 0 Å². The van der Waals surface area contributed by atoms with Gasteiger partial charge < -0.3 is 19.5 Å². The van der Waals surface area contributed by atoms with Crippen LogP contribution in [0, 0.1) is 0 Å². The summed E-state index contributed by atoms with van der Waals surface area (Å²) in [6.45, 7) is -1.13. The minimum atomic E-state index is -2.92. The molecule has 0 heterocycles. The lowest BCUT2D eigenvalue weighted by molar-refractivity contribution is -0.115. The summed E-state index contributed by atoms with van der Waals surface area (Å²) >= 11 is 1.41. The fourth-order valence-electron chi connectivity index (χ4n) is 2.27. The van der Waals surface area contributed by atoms with Gasteiger partial charge in [-0.1, -0.05) is 18.2 Å². The summed E-state index contributed by atoms with van der Waals surface area (Å²) in [5.41, 5.74) is 1.43. The largest absolute Gasteiger partial charge is 0.495 e. The zero-order chi connectivity index (χ0) is 19.8. The number of benzene rings is 2. The van der Waals surface area contributed by atoms with Gasteiger partial charge in [-0.2, -0.15) is 8.78 Å². The number of carbonyl (C=O) groups is 1. The summed E-state index contributed by atoms with van der Waals surface area (Å²) in [6, 6.07) is 11.9. The fraction of sp³-hybridized carbons (Fsp3) is 0.316. The average molecular weight is 397 g/mol. The fourth-order valence-corrected chi connectivity index (χ4v) is 3.11. The second-order valence-corrected chi connectivity index (χ2v) is 6.84. The first kappa shape index (κ1) is 20.8. The SMILES string of the molecule is COc1ccccc1NC(=O)C(C)SCc1ccc(OC(F)F)c(OC)c1. The molecule has 5 nitrogen and oxygen atoms in total. The molecule has 0 saturated heterocycles. The molecule has 8 heteroatoms. The quantitative estimate of drug-likeness (QED) is 0.672. The highest BCUT2D eigenvalue weighted by molar-refractivity contribution is 7.99. The Morgan fingerprint density at radius 1 is 1.07 bits per heavy atom. The Labute approximate surface area is 161 Å². The van der Waals surface area contributed by atoms with Crippen LogP contribution in [0.3, 0.4) is 0 Å². The molecule has 1 unspecified atom stereocenters. The van der Waals surface area contributed by atoms with Gasteiger partial charge in [0.05, 0.1) is 25.2 Å². The van der Waals surface area contributed by atoms with E-state index in [0.29, 0.717) is 17.2 Å². The molecule has 0 aromatic heterocycles. The number of hydrogen-bond acceptors (Lipinski definition) is 5. The predicted molar refractivity (Wildman–Crippen MR) is 102 cm³/mol. The summed E-state index contributed by atoms with van der Waals surface area (Å²) in [4.78, 5) is 12.4. The Hall–Kier alpha value is -2.48. The van der Waals surface area contributed by atoms with Crippen LogP contribution in [0.15, 0.2) is 42.5 Å². The molecule has 0 aliphatic heterocycles. The number of halogens is 2. The highest BCUT2D eigenvalue weighted by Crippen LogP contribution is 2.31. The van der Waals surface area contributed by atoms with Crippen molar-refractivity contribution in [2.24, 2.45) is 0 Å². The van der Waals surface area contributed by atoms with Crippen LogP contribution in [-0.4, -0.2) is 32.0 Å². The van der Waals surface area contributed by atoms with Crippen molar-refractivity contribution in [3.05, 3.63) is 48.0 Å². The lowest BCUT2D eigenvalue weighted by Crippen LogP contribution is -2.22. The molecule has 2 rings (SSSR count). The molecule has 0 fully saturated rings. The number of para-hydroxylation sites is 2. The molecule has 0 spiro atoms. The van der Waals surface area contributed by atoms with E-state index in [1.807, 2.05) is 12.1 Å². The molecule has 0 saturated carbocycles. The van der Waals surface area contributed by atoms with E-state index < -0.39 is 6.61 Å². The van der Waals surface area contributed by atoms with Gasteiger partial charge in [-0.05, 0) is 36.8 Å². The minimum absolute atomic E-state index is 0.0248. The van der Waals surface area contributed by atoms with Crippen molar-refractivity contribution in [2.45, 2.75) is 24.5 Å². The number of rotatable bonds is 9. The molecule has 146 valence electrons. The van der Waals surface area contributed by atoms with Crippen molar-refractivity contribution in [1.29, 1.82) is 0 Å².